The first kappa shape index (κ1) is 18.4. The van der Waals surface area contributed by atoms with Crippen LogP contribution in [0.15, 0.2) is 0 Å². The average molecular weight is 297 g/mol. The van der Waals surface area contributed by atoms with Crippen molar-refractivity contribution in [1.82, 2.24) is 15.1 Å². The van der Waals surface area contributed by atoms with Gasteiger partial charge in [0.15, 0.2) is 0 Å². The fraction of sp³-hybridized carbons (Fsp3) is 0.941. The van der Waals surface area contributed by atoms with Crippen molar-refractivity contribution >= 4 is 5.91 Å². The highest BCUT2D eigenvalue weighted by Crippen LogP contribution is 2.21. The van der Waals surface area contributed by atoms with Crippen LogP contribution in [0, 0.1) is 0 Å². The normalized spacial score (nSPS) is 22.1. The number of hydrogen-bond acceptors (Lipinski definition) is 3. The Morgan fingerprint density at radius 2 is 1.90 bits per heavy atom. The van der Waals surface area contributed by atoms with Gasteiger partial charge in [-0.05, 0) is 60.9 Å². The predicted molar refractivity (Wildman–Crippen MR) is 89.5 cm³/mol. The summed E-state index contributed by atoms with van der Waals surface area (Å²) in [6, 6.07) is 0.476. The maximum absolute atomic E-state index is 12.6. The first-order valence-corrected chi connectivity index (χ1v) is 8.59. The lowest BCUT2D eigenvalue weighted by Crippen LogP contribution is -2.56. The van der Waals surface area contributed by atoms with Crippen molar-refractivity contribution < 1.29 is 4.79 Å². The number of nitrogens with zero attached hydrogens (tertiary/aromatic N) is 2. The molecule has 2 unspecified atom stereocenters. The summed E-state index contributed by atoms with van der Waals surface area (Å²) in [6.07, 6.45) is 3.68. The van der Waals surface area contributed by atoms with E-state index in [0.717, 1.165) is 26.2 Å². The summed E-state index contributed by atoms with van der Waals surface area (Å²) >= 11 is 0. The summed E-state index contributed by atoms with van der Waals surface area (Å²) < 4.78 is 0. The predicted octanol–water partition coefficient (Wildman–Crippen LogP) is 2.49. The van der Waals surface area contributed by atoms with Crippen molar-refractivity contribution in [3.05, 3.63) is 0 Å². The zero-order valence-electron chi connectivity index (χ0n) is 14.9. The van der Waals surface area contributed by atoms with E-state index in [-0.39, 0.29) is 17.5 Å². The first-order valence-electron chi connectivity index (χ1n) is 8.59. The molecule has 0 aromatic rings. The number of amides is 1. The summed E-state index contributed by atoms with van der Waals surface area (Å²) in [4.78, 5) is 17.0. The monoisotopic (exact) mass is 297 g/mol. The van der Waals surface area contributed by atoms with Gasteiger partial charge in [-0.3, -0.25) is 9.69 Å². The van der Waals surface area contributed by atoms with Gasteiger partial charge in [0, 0.05) is 31.2 Å². The van der Waals surface area contributed by atoms with Gasteiger partial charge in [0.25, 0.3) is 0 Å². The van der Waals surface area contributed by atoms with Gasteiger partial charge >= 0.3 is 0 Å². The van der Waals surface area contributed by atoms with Crippen LogP contribution in [-0.4, -0.2) is 59.5 Å². The lowest BCUT2D eigenvalue weighted by atomic mass is 9.98. The van der Waals surface area contributed by atoms with E-state index >= 15 is 0 Å². The topological polar surface area (TPSA) is 35.6 Å². The highest BCUT2D eigenvalue weighted by molar-refractivity contribution is 5.81. The molecular weight excluding hydrogens is 262 g/mol. The molecule has 1 heterocycles. The third-order valence-corrected chi connectivity index (χ3v) is 4.47. The summed E-state index contributed by atoms with van der Waals surface area (Å²) in [5.74, 6) is 0.280. The summed E-state index contributed by atoms with van der Waals surface area (Å²) in [5.41, 5.74) is 0.134. The van der Waals surface area contributed by atoms with Crippen molar-refractivity contribution in [3.8, 4) is 0 Å². The molecule has 2 atom stereocenters. The van der Waals surface area contributed by atoms with Crippen molar-refractivity contribution in [2.24, 2.45) is 0 Å². The fourth-order valence-corrected chi connectivity index (χ4v) is 3.12. The Labute approximate surface area is 131 Å². The number of piperidine rings is 1. The molecule has 4 heteroatoms. The molecule has 0 radical (unpaired) electrons. The Bertz CT molecular complexity index is 320. The Kier molecular flexibility index (Phi) is 7.14. The number of nitrogens with one attached hydrogen (secondary N) is 1. The maximum atomic E-state index is 12.6. The molecule has 0 spiro atoms. The molecule has 1 rings (SSSR count). The summed E-state index contributed by atoms with van der Waals surface area (Å²) in [5, 5.41) is 3.61. The van der Waals surface area contributed by atoms with Gasteiger partial charge in [0.1, 0.15) is 0 Å². The van der Waals surface area contributed by atoms with Crippen LogP contribution in [0.3, 0.4) is 0 Å². The van der Waals surface area contributed by atoms with Crippen LogP contribution in [0.2, 0.25) is 0 Å². The molecule has 0 saturated carbocycles. The second kappa shape index (κ2) is 8.14. The van der Waals surface area contributed by atoms with E-state index in [0.29, 0.717) is 6.04 Å². The van der Waals surface area contributed by atoms with Crippen LogP contribution >= 0.6 is 0 Å². The number of likely N-dealkylation sites (tertiary alicyclic amines) is 1. The Hall–Kier alpha value is -0.610. The SMILES string of the molecule is CCN(CC)C(=O)C(C)N1CCCCC1CNC(C)(C)C. The van der Waals surface area contributed by atoms with Crippen molar-refractivity contribution in [2.75, 3.05) is 26.2 Å². The third kappa shape index (κ3) is 5.59. The molecule has 0 aromatic carbocycles. The molecule has 1 saturated heterocycles. The van der Waals surface area contributed by atoms with E-state index in [1.54, 1.807) is 0 Å². The Morgan fingerprint density at radius 1 is 1.29 bits per heavy atom. The minimum absolute atomic E-state index is 0.00281. The quantitative estimate of drug-likeness (QED) is 0.818. The van der Waals surface area contributed by atoms with Crippen LogP contribution < -0.4 is 5.32 Å². The molecule has 1 amide bonds. The highest BCUT2D eigenvalue weighted by atomic mass is 16.2. The van der Waals surface area contributed by atoms with Crippen LogP contribution in [0.5, 0.6) is 0 Å². The Balaban J connectivity index is 2.69. The number of hydrogen-bond donors (Lipinski definition) is 1. The second-order valence-electron chi connectivity index (χ2n) is 7.20. The number of rotatable bonds is 6. The van der Waals surface area contributed by atoms with Crippen molar-refractivity contribution in [1.29, 1.82) is 0 Å². The summed E-state index contributed by atoms with van der Waals surface area (Å²) in [7, 11) is 0. The van der Waals surface area contributed by atoms with E-state index in [2.05, 4.69) is 51.8 Å². The van der Waals surface area contributed by atoms with Gasteiger partial charge in [-0.2, -0.15) is 0 Å². The van der Waals surface area contributed by atoms with Crippen LogP contribution in [-0.2, 0) is 4.79 Å². The fourth-order valence-electron chi connectivity index (χ4n) is 3.12. The van der Waals surface area contributed by atoms with Gasteiger partial charge in [-0.15, -0.1) is 0 Å². The smallest absolute Gasteiger partial charge is 0.239 e. The van der Waals surface area contributed by atoms with Gasteiger partial charge < -0.3 is 10.2 Å². The number of carbonyl (C=O) groups excluding carboxylic acids is 1. The maximum Gasteiger partial charge on any atom is 0.239 e. The lowest BCUT2D eigenvalue weighted by Gasteiger charge is -2.41. The molecular formula is C17H35N3O. The molecule has 0 bridgehead atoms. The highest BCUT2D eigenvalue weighted by Gasteiger charge is 2.32. The van der Waals surface area contributed by atoms with Crippen molar-refractivity contribution in [3.63, 3.8) is 0 Å². The first-order chi connectivity index (χ1) is 9.80. The number of likely N-dealkylation sites (N-methyl/N-ethyl adjacent to an activating group) is 1. The average Bonchev–Trinajstić information content (AvgIpc) is 2.45. The number of carbonyl (C=O) groups is 1. The molecule has 1 fully saturated rings. The van der Waals surface area contributed by atoms with E-state index < -0.39 is 0 Å². The zero-order chi connectivity index (χ0) is 16.0. The van der Waals surface area contributed by atoms with E-state index in [9.17, 15) is 4.79 Å². The molecule has 1 aliphatic rings. The minimum atomic E-state index is -0.00281. The van der Waals surface area contributed by atoms with Gasteiger partial charge in [-0.25, -0.2) is 0 Å². The largest absolute Gasteiger partial charge is 0.342 e. The molecule has 4 nitrogen and oxygen atoms in total. The molecule has 1 aliphatic heterocycles. The molecule has 0 aromatic heterocycles. The van der Waals surface area contributed by atoms with Gasteiger partial charge in [0.2, 0.25) is 5.91 Å². The van der Waals surface area contributed by atoms with Crippen LogP contribution in [0.25, 0.3) is 0 Å². The third-order valence-electron chi connectivity index (χ3n) is 4.47. The van der Waals surface area contributed by atoms with Crippen LogP contribution in [0.1, 0.15) is 60.8 Å². The standard InChI is InChI=1S/C17H35N3O/c1-7-19(8-2)16(21)14(3)20-12-10-9-11-15(20)13-18-17(4,5)6/h14-15,18H,7-13H2,1-6H3. The van der Waals surface area contributed by atoms with Gasteiger partial charge in [0.05, 0.1) is 6.04 Å². The van der Waals surface area contributed by atoms with Crippen LogP contribution in [0.4, 0.5) is 0 Å². The van der Waals surface area contributed by atoms with E-state index in [1.807, 2.05) is 4.90 Å². The lowest BCUT2D eigenvalue weighted by molar-refractivity contribution is -0.137. The molecule has 124 valence electrons. The molecule has 1 N–H and O–H groups in total. The zero-order valence-corrected chi connectivity index (χ0v) is 14.9. The minimum Gasteiger partial charge on any atom is -0.342 e. The van der Waals surface area contributed by atoms with Crippen molar-refractivity contribution in [2.45, 2.75) is 78.4 Å². The molecule has 0 aliphatic carbocycles. The van der Waals surface area contributed by atoms with Gasteiger partial charge in [-0.1, -0.05) is 6.42 Å². The summed E-state index contributed by atoms with van der Waals surface area (Å²) in [6.45, 7) is 16.4. The Morgan fingerprint density at radius 3 is 2.43 bits per heavy atom. The van der Waals surface area contributed by atoms with E-state index in [4.69, 9.17) is 0 Å². The second-order valence-corrected chi connectivity index (χ2v) is 7.20. The van der Waals surface area contributed by atoms with E-state index in [1.165, 1.54) is 19.3 Å². The molecule has 21 heavy (non-hydrogen) atoms.